The van der Waals surface area contributed by atoms with E-state index in [2.05, 4.69) is 11.0 Å². The van der Waals surface area contributed by atoms with Gasteiger partial charge in [-0.2, -0.15) is 0 Å². The van der Waals surface area contributed by atoms with Crippen LogP contribution in [-0.2, 0) is 21.4 Å². The highest BCUT2D eigenvalue weighted by Crippen LogP contribution is 2.65. The predicted molar refractivity (Wildman–Crippen MR) is 141 cm³/mol. The first-order valence-electron chi connectivity index (χ1n) is 13.8. The van der Waals surface area contributed by atoms with E-state index in [1.807, 2.05) is 27.7 Å². The molecule has 3 heterocycles. The van der Waals surface area contributed by atoms with Crippen LogP contribution in [0.3, 0.4) is 0 Å². The van der Waals surface area contributed by atoms with Crippen molar-refractivity contribution in [2.45, 2.75) is 99.0 Å². The van der Waals surface area contributed by atoms with Gasteiger partial charge in [0, 0.05) is 42.0 Å². The standard InChI is InChI=1S/C28H35NO5S2/c30-20-9-11-28(32)22-15-18-7-8-21(33-23(31)4-2-1-3-19-10-14-35-36-19)25-24(18)27(28,26(20)34-25)12-13-29(22)16-17-5-6-17/h7-8,17,19,22,26,32H,1-6,9-16H2/t19-,22+,26-,27?,28+/m0/s1. The van der Waals surface area contributed by atoms with Gasteiger partial charge in [-0.25, -0.2) is 0 Å². The number of Topliss-reactive ketones (excluding diaryl/α,β-unsaturated/α-hetero) is 1. The van der Waals surface area contributed by atoms with Gasteiger partial charge >= 0.3 is 5.97 Å². The van der Waals surface area contributed by atoms with Gasteiger partial charge in [0.15, 0.2) is 23.4 Å². The number of hydrogen-bond donors (Lipinski definition) is 1. The Hall–Kier alpha value is -1.22. The van der Waals surface area contributed by atoms with Crippen molar-refractivity contribution in [1.29, 1.82) is 0 Å². The topological polar surface area (TPSA) is 76.1 Å². The van der Waals surface area contributed by atoms with E-state index in [1.54, 1.807) is 0 Å². The second kappa shape index (κ2) is 8.92. The van der Waals surface area contributed by atoms with Crippen LogP contribution in [-0.4, -0.2) is 63.6 Å². The number of ether oxygens (including phenoxy) is 2. The Kier molecular flexibility index (Phi) is 5.92. The molecule has 0 radical (unpaired) electrons. The van der Waals surface area contributed by atoms with Crippen LogP contribution in [0.15, 0.2) is 12.1 Å². The van der Waals surface area contributed by atoms with Crippen LogP contribution in [0.1, 0.15) is 75.3 Å². The molecule has 5 atom stereocenters. The van der Waals surface area contributed by atoms with E-state index in [9.17, 15) is 14.7 Å². The number of unbranched alkanes of at least 4 members (excludes halogenated alkanes) is 1. The number of hydrogen-bond acceptors (Lipinski definition) is 8. The van der Waals surface area contributed by atoms with E-state index in [0.717, 1.165) is 61.1 Å². The van der Waals surface area contributed by atoms with Crippen molar-refractivity contribution in [2.75, 3.05) is 18.8 Å². The summed E-state index contributed by atoms with van der Waals surface area (Å²) in [5.41, 5.74) is 0.376. The maximum absolute atomic E-state index is 13.2. The van der Waals surface area contributed by atoms with Crippen LogP contribution in [0.25, 0.3) is 0 Å². The summed E-state index contributed by atoms with van der Waals surface area (Å²) < 4.78 is 12.3. The summed E-state index contributed by atoms with van der Waals surface area (Å²) in [7, 11) is 3.93. The minimum atomic E-state index is -0.990. The molecule has 7 rings (SSSR count). The number of nitrogens with zero attached hydrogens (tertiary/aromatic N) is 1. The molecule has 8 heteroatoms. The molecule has 4 fully saturated rings. The highest BCUT2D eigenvalue weighted by molar-refractivity contribution is 8.77. The maximum Gasteiger partial charge on any atom is 0.311 e. The van der Waals surface area contributed by atoms with Crippen LogP contribution >= 0.6 is 21.6 Å². The zero-order chi connectivity index (χ0) is 24.5. The lowest BCUT2D eigenvalue weighted by molar-refractivity contribution is -0.188. The second-order valence-corrected chi connectivity index (χ2v) is 14.5. The van der Waals surface area contributed by atoms with E-state index in [1.165, 1.54) is 25.0 Å². The van der Waals surface area contributed by atoms with Gasteiger partial charge in [-0.3, -0.25) is 14.5 Å². The molecular weight excluding hydrogens is 494 g/mol. The van der Waals surface area contributed by atoms with Gasteiger partial charge in [-0.05, 0) is 75.5 Å². The number of rotatable bonds is 8. The Balaban J connectivity index is 1.14. The van der Waals surface area contributed by atoms with Crippen LogP contribution in [0.4, 0.5) is 0 Å². The Morgan fingerprint density at radius 2 is 2.11 bits per heavy atom. The number of piperidine rings is 1. The lowest BCUT2D eigenvalue weighted by atomic mass is 9.49. The third kappa shape index (κ3) is 3.61. The minimum absolute atomic E-state index is 0.00864. The fourth-order valence-electron chi connectivity index (χ4n) is 7.71. The van der Waals surface area contributed by atoms with Gasteiger partial charge in [-0.15, -0.1) is 0 Å². The molecule has 3 aliphatic carbocycles. The lowest BCUT2D eigenvalue weighted by Crippen LogP contribution is -2.76. The second-order valence-electron chi connectivity index (χ2n) is 11.7. The van der Waals surface area contributed by atoms with Gasteiger partial charge in [0.2, 0.25) is 0 Å². The summed E-state index contributed by atoms with van der Waals surface area (Å²) in [4.78, 5) is 28.4. The van der Waals surface area contributed by atoms with Gasteiger partial charge in [0.1, 0.15) is 0 Å². The average molecular weight is 530 g/mol. The maximum atomic E-state index is 13.2. The van der Waals surface area contributed by atoms with Gasteiger partial charge in [0.25, 0.3) is 0 Å². The Bertz CT molecular complexity index is 1090. The predicted octanol–water partition coefficient (Wildman–Crippen LogP) is 4.44. The van der Waals surface area contributed by atoms with E-state index in [4.69, 9.17) is 9.47 Å². The van der Waals surface area contributed by atoms with Crippen molar-refractivity contribution in [1.82, 2.24) is 4.90 Å². The molecule has 194 valence electrons. The third-order valence-corrected chi connectivity index (χ3v) is 12.7. The van der Waals surface area contributed by atoms with Gasteiger partial charge < -0.3 is 14.6 Å². The molecule has 3 aliphatic heterocycles. The molecule has 2 saturated heterocycles. The van der Waals surface area contributed by atoms with Gasteiger partial charge in [0.05, 0.1) is 11.0 Å². The van der Waals surface area contributed by atoms with Crippen molar-refractivity contribution in [3.05, 3.63) is 23.3 Å². The molecule has 2 bridgehead atoms. The highest BCUT2D eigenvalue weighted by Gasteiger charge is 2.73. The van der Waals surface area contributed by atoms with Crippen LogP contribution < -0.4 is 9.47 Å². The monoisotopic (exact) mass is 529 g/mol. The molecule has 1 N–H and O–H groups in total. The molecule has 1 aromatic rings. The van der Waals surface area contributed by atoms with E-state index < -0.39 is 17.1 Å². The quantitative estimate of drug-likeness (QED) is 0.229. The molecule has 1 unspecified atom stereocenters. The van der Waals surface area contributed by atoms with Crippen LogP contribution in [0, 0.1) is 5.92 Å². The summed E-state index contributed by atoms with van der Waals surface area (Å²) in [5, 5.41) is 13.1. The summed E-state index contributed by atoms with van der Waals surface area (Å²) in [6.45, 7) is 1.91. The molecule has 36 heavy (non-hydrogen) atoms. The van der Waals surface area contributed by atoms with Crippen LogP contribution in [0.2, 0.25) is 0 Å². The number of aliphatic hydroxyl groups is 1. The third-order valence-electron chi connectivity index (χ3n) is 9.65. The van der Waals surface area contributed by atoms with Crippen molar-refractivity contribution in [2.24, 2.45) is 5.92 Å². The number of likely N-dealkylation sites (tertiary alicyclic amines) is 1. The Morgan fingerprint density at radius 3 is 2.92 bits per heavy atom. The van der Waals surface area contributed by atoms with E-state index in [-0.39, 0.29) is 17.8 Å². The largest absolute Gasteiger partial charge is 0.477 e. The summed E-state index contributed by atoms with van der Waals surface area (Å²) >= 11 is 0. The van der Waals surface area contributed by atoms with E-state index in [0.29, 0.717) is 37.2 Å². The Morgan fingerprint density at radius 1 is 1.22 bits per heavy atom. The summed E-state index contributed by atoms with van der Waals surface area (Å²) in [5.74, 6) is 2.76. The highest BCUT2D eigenvalue weighted by atomic mass is 33.1. The first-order chi connectivity index (χ1) is 17.5. The fraction of sp³-hybridized carbons (Fsp3) is 0.714. The number of carbonyl (C=O) groups excluding carboxylic acids is 2. The molecular formula is C28H35NO5S2. The van der Waals surface area contributed by atoms with Gasteiger partial charge in [-0.1, -0.05) is 34.1 Å². The average Bonchev–Trinajstić information content (AvgIpc) is 3.37. The smallest absolute Gasteiger partial charge is 0.311 e. The zero-order valence-corrected chi connectivity index (χ0v) is 22.3. The molecule has 1 spiro atoms. The molecule has 2 saturated carbocycles. The number of carbonyl (C=O) groups is 2. The number of esters is 1. The molecule has 0 amide bonds. The molecule has 6 aliphatic rings. The number of ketones is 1. The number of benzene rings is 1. The summed E-state index contributed by atoms with van der Waals surface area (Å²) in [6, 6.07) is 3.91. The van der Waals surface area contributed by atoms with Crippen molar-refractivity contribution in [3.8, 4) is 11.5 Å². The first kappa shape index (κ1) is 23.9. The van der Waals surface area contributed by atoms with Crippen molar-refractivity contribution >= 4 is 33.3 Å². The lowest BCUT2D eigenvalue weighted by Gasteiger charge is -2.62. The fourth-order valence-corrected chi connectivity index (χ4v) is 10.7. The normalized spacial score (nSPS) is 36.5. The molecule has 0 aromatic heterocycles. The summed E-state index contributed by atoms with van der Waals surface area (Å²) in [6.07, 6.45) is 8.83. The zero-order valence-electron chi connectivity index (χ0n) is 20.7. The van der Waals surface area contributed by atoms with Crippen molar-refractivity contribution in [3.63, 3.8) is 0 Å². The molecule has 6 nitrogen and oxygen atoms in total. The SMILES string of the molecule is O=C(CCCC[C@H]1CCSS1)Oc1ccc2c3c1O[C@H]1C(=O)CC[C@@]4(O)[C@@H](C2)N(CC2CC2)CCC314. The van der Waals surface area contributed by atoms with Crippen molar-refractivity contribution < 1.29 is 24.2 Å². The minimum Gasteiger partial charge on any atom is -0.477 e. The molecule has 1 aromatic carbocycles. The van der Waals surface area contributed by atoms with Crippen LogP contribution in [0.5, 0.6) is 11.5 Å². The Labute approximate surface area is 220 Å². The first-order valence-corrected chi connectivity index (χ1v) is 16.2. The van der Waals surface area contributed by atoms with E-state index >= 15 is 0 Å².